The van der Waals surface area contributed by atoms with E-state index in [0.717, 1.165) is 5.56 Å². The molecule has 136 valence electrons. The van der Waals surface area contributed by atoms with Crippen molar-refractivity contribution in [1.82, 2.24) is 0 Å². The minimum atomic E-state index is -0.699. The number of hydrogen-bond acceptors (Lipinski definition) is 5. The minimum Gasteiger partial charge on any atom is -0.368 e. The van der Waals surface area contributed by atoms with Crippen molar-refractivity contribution >= 4 is 16.6 Å². The highest BCUT2D eigenvalue weighted by atomic mass is 16.8. The van der Waals surface area contributed by atoms with Crippen LogP contribution in [0.1, 0.15) is 32.3 Å². The van der Waals surface area contributed by atoms with Crippen molar-refractivity contribution in [3.05, 3.63) is 48.0 Å². The van der Waals surface area contributed by atoms with Gasteiger partial charge in [-0.2, -0.15) is 0 Å². The minimum absolute atomic E-state index is 0.198. The molecule has 26 heavy (non-hydrogen) atoms. The molecule has 3 aliphatic rings. The van der Waals surface area contributed by atoms with Gasteiger partial charge in [0.15, 0.2) is 12.1 Å². The van der Waals surface area contributed by atoms with Gasteiger partial charge >= 0.3 is 0 Å². The predicted octanol–water partition coefficient (Wildman–Crippen LogP) is 3.33. The van der Waals surface area contributed by atoms with E-state index in [1.807, 2.05) is 26.0 Å². The Balaban J connectivity index is 1.37. The zero-order chi connectivity index (χ0) is 17.9. The standard InChI is InChI=1S/C21H22O5/c1-20(2)24-17-18(21(10-16(22)11-21)26-19(17)25-20)23-12-13-7-8-14-5-3-4-6-15(14)9-13/h3-9,17-19H,10-12H2,1-2H3/t17-,18+,19+/m1/s1. The monoisotopic (exact) mass is 354 g/mol. The van der Waals surface area contributed by atoms with Crippen molar-refractivity contribution in [2.75, 3.05) is 0 Å². The van der Waals surface area contributed by atoms with Gasteiger partial charge in [-0.15, -0.1) is 0 Å². The molecule has 0 unspecified atom stereocenters. The first kappa shape index (κ1) is 16.4. The number of rotatable bonds is 3. The third-order valence-electron chi connectivity index (χ3n) is 5.49. The third-order valence-corrected chi connectivity index (χ3v) is 5.49. The normalized spacial score (nSPS) is 31.3. The molecule has 0 amide bonds. The number of ether oxygens (including phenoxy) is 4. The quantitative estimate of drug-likeness (QED) is 0.846. The lowest BCUT2D eigenvalue weighted by molar-refractivity contribution is -0.254. The molecular weight excluding hydrogens is 332 g/mol. The zero-order valence-corrected chi connectivity index (χ0v) is 14.9. The first-order valence-electron chi connectivity index (χ1n) is 9.09. The van der Waals surface area contributed by atoms with Gasteiger partial charge < -0.3 is 18.9 Å². The van der Waals surface area contributed by atoms with Crippen molar-refractivity contribution in [3.63, 3.8) is 0 Å². The smallest absolute Gasteiger partial charge is 0.190 e. The molecule has 2 heterocycles. The third kappa shape index (κ3) is 2.58. The average Bonchev–Trinajstić information content (AvgIpc) is 3.01. The van der Waals surface area contributed by atoms with Crippen LogP contribution in [0.3, 0.4) is 0 Å². The molecule has 1 spiro atoms. The molecule has 1 aliphatic carbocycles. The second-order valence-corrected chi connectivity index (χ2v) is 7.96. The molecular formula is C21H22O5. The van der Waals surface area contributed by atoms with Crippen LogP contribution < -0.4 is 0 Å². The molecule has 5 nitrogen and oxygen atoms in total. The maximum Gasteiger partial charge on any atom is 0.190 e. The molecule has 0 N–H and O–H groups in total. The van der Waals surface area contributed by atoms with Crippen LogP contribution in [-0.4, -0.2) is 35.7 Å². The van der Waals surface area contributed by atoms with E-state index in [1.165, 1.54) is 10.8 Å². The topological polar surface area (TPSA) is 54.0 Å². The Morgan fingerprint density at radius 2 is 1.81 bits per heavy atom. The number of ketones is 1. The summed E-state index contributed by atoms with van der Waals surface area (Å²) in [7, 11) is 0. The van der Waals surface area contributed by atoms with Gasteiger partial charge in [-0.05, 0) is 36.2 Å². The molecule has 1 saturated carbocycles. The Morgan fingerprint density at radius 3 is 2.58 bits per heavy atom. The van der Waals surface area contributed by atoms with Crippen LogP contribution in [0.2, 0.25) is 0 Å². The van der Waals surface area contributed by atoms with E-state index in [9.17, 15) is 4.79 Å². The highest BCUT2D eigenvalue weighted by Gasteiger charge is 2.66. The number of Topliss-reactive ketones (excluding diaryl/α,β-unsaturated/α-hetero) is 1. The van der Waals surface area contributed by atoms with Crippen LogP contribution in [0, 0.1) is 0 Å². The Hall–Kier alpha value is -1.79. The maximum atomic E-state index is 11.7. The maximum absolute atomic E-state index is 11.7. The van der Waals surface area contributed by atoms with E-state index >= 15 is 0 Å². The summed E-state index contributed by atoms with van der Waals surface area (Å²) >= 11 is 0. The summed E-state index contributed by atoms with van der Waals surface area (Å²) in [6.07, 6.45) is -0.345. The highest BCUT2D eigenvalue weighted by molar-refractivity contribution is 5.87. The largest absolute Gasteiger partial charge is 0.368 e. The van der Waals surface area contributed by atoms with Gasteiger partial charge in [0.2, 0.25) is 0 Å². The summed E-state index contributed by atoms with van der Waals surface area (Å²) in [5.41, 5.74) is 0.492. The summed E-state index contributed by atoms with van der Waals surface area (Å²) in [5, 5.41) is 2.39. The first-order chi connectivity index (χ1) is 12.4. The molecule has 2 aliphatic heterocycles. The average molecular weight is 354 g/mol. The summed E-state index contributed by atoms with van der Waals surface area (Å²) in [4.78, 5) is 11.7. The summed E-state index contributed by atoms with van der Waals surface area (Å²) in [6.45, 7) is 4.18. The number of benzene rings is 2. The number of carbonyl (C=O) groups excluding carboxylic acids is 1. The Bertz CT molecular complexity index is 866. The van der Waals surface area contributed by atoms with Gasteiger partial charge in [0, 0.05) is 12.8 Å². The van der Waals surface area contributed by atoms with Gasteiger partial charge in [0.25, 0.3) is 0 Å². The Kier molecular flexibility index (Phi) is 3.53. The Labute approximate surface area is 152 Å². The van der Waals surface area contributed by atoms with E-state index in [-0.39, 0.29) is 18.0 Å². The van der Waals surface area contributed by atoms with Gasteiger partial charge in [-0.3, -0.25) is 4.79 Å². The van der Waals surface area contributed by atoms with E-state index in [1.54, 1.807) is 0 Å². The van der Waals surface area contributed by atoms with Gasteiger partial charge in [0.05, 0.1) is 6.61 Å². The molecule has 0 radical (unpaired) electrons. The van der Waals surface area contributed by atoms with Crippen LogP contribution in [0.25, 0.3) is 10.8 Å². The highest BCUT2D eigenvalue weighted by Crippen LogP contribution is 2.51. The van der Waals surface area contributed by atoms with Crippen LogP contribution >= 0.6 is 0 Å². The lowest BCUT2D eigenvalue weighted by Crippen LogP contribution is -2.55. The molecule has 2 saturated heterocycles. The fraction of sp³-hybridized carbons (Fsp3) is 0.476. The molecule has 3 fully saturated rings. The van der Waals surface area contributed by atoms with Gasteiger partial charge in [-0.1, -0.05) is 36.4 Å². The number of fused-ring (bicyclic) bond motifs is 2. The molecule has 0 aromatic heterocycles. The SMILES string of the molecule is CC1(C)O[C@H]2OC3(CC(=O)C3)[C@@H](OCc3ccc4ccccc4c3)[C@H]2O1. The van der Waals surface area contributed by atoms with Crippen molar-refractivity contribution in [1.29, 1.82) is 0 Å². The van der Waals surface area contributed by atoms with E-state index in [0.29, 0.717) is 19.4 Å². The molecule has 0 bridgehead atoms. The second-order valence-electron chi connectivity index (χ2n) is 7.96. The van der Waals surface area contributed by atoms with Crippen LogP contribution in [0.15, 0.2) is 42.5 Å². The van der Waals surface area contributed by atoms with Gasteiger partial charge in [-0.25, -0.2) is 0 Å². The summed E-state index contributed by atoms with van der Waals surface area (Å²) < 4.78 is 24.2. The van der Waals surface area contributed by atoms with E-state index in [2.05, 4.69) is 30.3 Å². The summed E-state index contributed by atoms with van der Waals surface area (Å²) in [6, 6.07) is 14.6. The molecule has 2 aromatic rings. The lowest BCUT2D eigenvalue weighted by atomic mass is 9.74. The molecule has 2 aromatic carbocycles. The second kappa shape index (κ2) is 5.60. The van der Waals surface area contributed by atoms with Crippen molar-refractivity contribution in [2.45, 2.75) is 63.2 Å². The van der Waals surface area contributed by atoms with Crippen molar-refractivity contribution < 1.29 is 23.7 Å². The van der Waals surface area contributed by atoms with Crippen LogP contribution in [0.4, 0.5) is 0 Å². The predicted molar refractivity (Wildman–Crippen MR) is 94.4 cm³/mol. The number of hydrogen-bond donors (Lipinski definition) is 0. The van der Waals surface area contributed by atoms with Crippen LogP contribution in [0.5, 0.6) is 0 Å². The van der Waals surface area contributed by atoms with Gasteiger partial charge in [0.1, 0.15) is 23.6 Å². The van der Waals surface area contributed by atoms with Crippen LogP contribution in [-0.2, 0) is 30.3 Å². The molecule has 3 atom stereocenters. The fourth-order valence-electron chi connectivity index (χ4n) is 4.31. The van der Waals surface area contributed by atoms with E-state index in [4.69, 9.17) is 18.9 Å². The summed E-state index contributed by atoms with van der Waals surface area (Å²) in [5.74, 6) is -0.501. The van der Waals surface area contributed by atoms with Crippen molar-refractivity contribution in [3.8, 4) is 0 Å². The Morgan fingerprint density at radius 1 is 1.04 bits per heavy atom. The lowest BCUT2D eigenvalue weighted by Gasteiger charge is -2.41. The molecule has 5 heteroatoms. The molecule has 5 rings (SSSR count). The fourth-order valence-corrected chi connectivity index (χ4v) is 4.31. The number of carbonyl (C=O) groups is 1. The first-order valence-corrected chi connectivity index (χ1v) is 9.09. The van der Waals surface area contributed by atoms with E-state index < -0.39 is 17.7 Å². The zero-order valence-electron chi connectivity index (χ0n) is 14.9. The van der Waals surface area contributed by atoms with Crippen molar-refractivity contribution in [2.24, 2.45) is 0 Å².